The normalized spacial score (nSPS) is 11.2. The number of carbonyl (C=O) groups excluding carboxylic acids is 1. The van der Waals surface area contributed by atoms with Crippen LogP contribution in [0.25, 0.3) is 0 Å². The lowest BCUT2D eigenvalue weighted by molar-refractivity contribution is -0.115. The number of rotatable bonds is 6. The molecular weight excluding hydrogens is 366 g/mol. The molecule has 0 aliphatic rings. The number of sulfonamides is 1. The number of aromatic nitrogens is 1. The highest BCUT2D eigenvalue weighted by Gasteiger charge is 2.15. The Balaban J connectivity index is 1.62. The van der Waals surface area contributed by atoms with Gasteiger partial charge in [-0.15, -0.1) is 22.7 Å². The maximum atomic E-state index is 12.1. The largest absolute Gasteiger partial charge is 0.302 e. The first-order chi connectivity index (χ1) is 11.5. The van der Waals surface area contributed by atoms with E-state index in [-0.39, 0.29) is 16.5 Å². The minimum absolute atomic E-state index is 0.170. The van der Waals surface area contributed by atoms with Gasteiger partial charge in [0.2, 0.25) is 5.91 Å². The average molecular weight is 379 g/mol. The van der Waals surface area contributed by atoms with E-state index >= 15 is 0 Å². The molecule has 0 spiro atoms. The predicted octanol–water partition coefficient (Wildman–Crippen LogP) is 3.19. The number of thiazole rings is 1. The van der Waals surface area contributed by atoms with Gasteiger partial charge >= 0.3 is 0 Å². The standard InChI is InChI=1S/C15H13N3O3S3/c19-13(17-15-16-7-9-23-15)10-11-3-5-12(6-4-11)18-24(20,21)14-2-1-8-22-14/h1-9,18H,10H2,(H,16,17,19). The van der Waals surface area contributed by atoms with Crippen molar-refractivity contribution in [1.29, 1.82) is 0 Å². The first kappa shape index (κ1) is 16.6. The summed E-state index contributed by atoms with van der Waals surface area (Å²) in [6.07, 6.45) is 1.81. The Kier molecular flexibility index (Phi) is 4.93. The number of benzene rings is 1. The Morgan fingerprint density at radius 2 is 1.88 bits per heavy atom. The van der Waals surface area contributed by atoms with E-state index < -0.39 is 10.0 Å². The van der Waals surface area contributed by atoms with Gasteiger partial charge in [0.25, 0.3) is 10.0 Å². The molecule has 0 fully saturated rings. The van der Waals surface area contributed by atoms with Crippen LogP contribution < -0.4 is 10.0 Å². The molecular formula is C15H13N3O3S3. The molecule has 0 atom stereocenters. The molecule has 24 heavy (non-hydrogen) atoms. The summed E-state index contributed by atoms with van der Waals surface area (Å²) >= 11 is 2.50. The van der Waals surface area contributed by atoms with Crippen molar-refractivity contribution in [3.8, 4) is 0 Å². The van der Waals surface area contributed by atoms with Crippen LogP contribution in [-0.4, -0.2) is 19.3 Å². The van der Waals surface area contributed by atoms with Gasteiger partial charge in [-0.25, -0.2) is 13.4 Å². The third kappa shape index (κ3) is 4.19. The Bertz CT molecular complexity index is 903. The summed E-state index contributed by atoms with van der Waals surface area (Å²) in [5.74, 6) is -0.170. The van der Waals surface area contributed by atoms with Gasteiger partial charge in [0.15, 0.2) is 5.13 Å². The van der Waals surface area contributed by atoms with Crippen LogP contribution in [0.2, 0.25) is 0 Å². The van der Waals surface area contributed by atoms with Crippen molar-refractivity contribution in [2.75, 3.05) is 10.0 Å². The number of amides is 1. The summed E-state index contributed by atoms with van der Waals surface area (Å²) in [4.78, 5) is 15.9. The number of nitrogens with zero attached hydrogens (tertiary/aromatic N) is 1. The molecule has 0 aliphatic heterocycles. The molecule has 0 unspecified atom stereocenters. The number of thiophene rings is 1. The second kappa shape index (κ2) is 7.12. The van der Waals surface area contributed by atoms with Gasteiger partial charge in [0.05, 0.1) is 6.42 Å². The number of hydrogen-bond acceptors (Lipinski definition) is 6. The van der Waals surface area contributed by atoms with Crippen molar-refractivity contribution >= 4 is 49.4 Å². The Labute approximate surface area is 147 Å². The number of carbonyl (C=O) groups is 1. The lowest BCUT2D eigenvalue weighted by atomic mass is 10.1. The minimum Gasteiger partial charge on any atom is -0.302 e. The van der Waals surface area contributed by atoms with E-state index in [4.69, 9.17) is 0 Å². The van der Waals surface area contributed by atoms with Crippen LogP contribution in [0.4, 0.5) is 10.8 Å². The second-order valence-electron chi connectivity index (χ2n) is 4.80. The zero-order valence-electron chi connectivity index (χ0n) is 12.3. The average Bonchev–Trinajstić information content (AvgIpc) is 3.22. The fourth-order valence-electron chi connectivity index (χ4n) is 1.95. The fraction of sp³-hybridized carbons (Fsp3) is 0.0667. The monoisotopic (exact) mass is 379 g/mol. The predicted molar refractivity (Wildman–Crippen MR) is 96.0 cm³/mol. The summed E-state index contributed by atoms with van der Waals surface area (Å²) in [7, 11) is -3.56. The van der Waals surface area contributed by atoms with E-state index in [1.165, 1.54) is 11.3 Å². The maximum absolute atomic E-state index is 12.1. The smallest absolute Gasteiger partial charge is 0.271 e. The van der Waals surface area contributed by atoms with Crippen LogP contribution in [0, 0.1) is 0 Å². The SMILES string of the molecule is O=C(Cc1ccc(NS(=O)(=O)c2cccs2)cc1)Nc1nccs1. The first-order valence-electron chi connectivity index (χ1n) is 6.87. The van der Waals surface area contributed by atoms with Crippen LogP contribution in [0.5, 0.6) is 0 Å². The summed E-state index contributed by atoms with van der Waals surface area (Å²) in [6, 6.07) is 9.93. The van der Waals surface area contributed by atoms with Crippen LogP contribution >= 0.6 is 22.7 Å². The Hall–Kier alpha value is -2.23. The molecule has 3 rings (SSSR count). The summed E-state index contributed by atoms with van der Waals surface area (Å²) in [6.45, 7) is 0. The van der Waals surface area contributed by atoms with Gasteiger partial charge < -0.3 is 5.32 Å². The van der Waals surface area contributed by atoms with Gasteiger partial charge in [-0.2, -0.15) is 0 Å². The molecule has 2 N–H and O–H groups in total. The zero-order valence-corrected chi connectivity index (χ0v) is 14.7. The van der Waals surface area contributed by atoms with Gasteiger partial charge in [-0.05, 0) is 29.1 Å². The number of anilines is 2. The van der Waals surface area contributed by atoms with Crippen LogP contribution in [-0.2, 0) is 21.2 Å². The number of nitrogens with one attached hydrogen (secondary N) is 2. The molecule has 9 heteroatoms. The van der Waals surface area contributed by atoms with Crippen LogP contribution in [0.3, 0.4) is 0 Å². The zero-order chi connectivity index (χ0) is 17.0. The Morgan fingerprint density at radius 1 is 1.08 bits per heavy atom. The van der Waals surface area contributed by atoms with E-state index in [0.717, 1.165) is 16.9 Å². The summed E-state index contributed by atoms with van der Waals surface area (Å²) in [5, 5.41) is 6.74. The molecule has 3 aromatic rings. The first-order valence-corrected chi connectivity index (χ1v) is 10.1. The van der Waals surface area contributed by atoms with Crippen molar-refractivity contribution < 1.29 is 13.2 Å². The molecule has 0 saturated carbocycles. The maximum Gasteiger partial charge on any atom is 0.271 e. The van der Waals surface area contributed by atoms with E-state index in [1.54, 1.807) is 53.4 Å². The van der Waals surface area contributed by atoms with Crippen LogP contribution in [0.1, 0.15) is 5.56 Å². The Morgan fingerprint density at radius 3 is 2.50 bits per heavy atom. The molecule has 124 valence electrons. The van der Waals surface area contributed by atoms with E-state index in [0.29, 0.717) is 10.8 Å². The van der Waals surface area contributed by atoms with Gasteiger partial charge in [-0.3, -0.25) is 9.52 Å². The fourth-order valence-corrected chi connectivity index (χ4v) is 4.54. The molecule has 6 nitrogen and oxygen atoms in total. The van der Waals surface area contributed by atoms with Crippen molar-refractivity contribution in [3.05, 3.63) is 58.9 Å². The minimum atomic E-state index is -3.56. The third-order valence-electron chi connectivity index (χ3n) is 3.01. The van der Waals surface area contributed by atoms with E-state index in [1.807, 2.05) is 0 Å². The second-order valence-corrected chi connectivity index (χ2v) is 8.55. The quantitative estimate of drug-likeness (QED) is 0.688. The van der Waals surface area contributed by atoms with Crippen molar-refractivity contribution in [2.24, 2.45) is 0 Å². The van der Waals surface area contributed by atoms with Gasteiger partial charge in [-0.1, -0.05) is 18.2 Å². The summed E-state index contributed by atoms with van der Waals surface area (Å²) in [5.41, 5.74) is 1.23. The molecule has 0 bridgehead atoms. The lowest BCUT2D eigenvalue weighted by Gasteiger charge is -2.07. The van der Waals surface area contributed by atoms with Gasteiger partial charge in [0, 0.05) is 17.3 Å². The summed E-state index contributed by atoms with van der Waals surface area (Å²) < 4.78 is 27.0. The molecule has 0 saturated heterocycles. The van der Waals surface area contributed by atoms with Crippen molar-refractivity contribution in [2.45, 2.75) is 10.6 Å². The molecule has 0 aliphatic carbocycles. The topological polar surface area (TPSA) is 88.2 Å². The highest BCUT2D eigenvalue weighted by Crippen LogP contribution is 2.20. The third-order valence-corrected chi connectivity index (χ3v) is 6.48. The lowest BCUT2D eigenvalue weighted by Crippen LogP contribution is -2.14. The van der Waals surface area contributed by atoms with Crippen molar-refractivity contribution in [3.63, 3.8) is 0 Å². The van der Waals surface area contributed by atoms with E-state index in [9.17, 15) is 13.2 Å². The molecule has 2 aromatic heterocycles. The van der Waals surface area contributed by atoms with E-state index in [2.05, 4.69) is 15.0 Å². The molecule has 1 amide bonds. The molecule has 1 aromatic carbocycles. The van der Waals surface area contributed by atoms with Crippen molar-refractivity contribution in [1.82, 2.24) is 4.98 Å². The highest BCUT2D eigenvalue weighted by atomic mass is 32.2. The number of hydrogen-bond donors (Lipinski definition) is 2. The molecule has 0 radical (unpaired) electrons. The van der Waals surface area contributed by atoms with Gasteiger partial charge in [0.1, 0.15) is 4.21 Å². The van der Waals surface area contributed by atoms with Crippen LogP contribution in [0.15, 0.2) is 57.6 Å². The molecule has 2 heterocycles. The highest BCUT2D eigenvalue weighted by molar-refractivity contribution is 7.94.